The van der Waals surface area contributed by atoms with E-state index in [0.29, 0.717) is 13.0 Å². The molecule has 0 aromatic heterocycles. The van der Waals surface area contributed by atoms with Gasteiger partial charge in [-0.25, -0.2) is 4.79 Å². The summed E-state index contributed by atoms with van der Waals surface area (Å²) in [4.78, 5) is 24.0. The molecule has 2 rings (SSSR count). The van der Waals surface area contributed by atoms with Crippen LogP contribution in [0.3, 0.4) is 0 Å². The molecule has 2 atom stereocenters. The summed E-state index contributed by atoms with van der Waals surface area (Å²) in [5, 5.41) is 0. The molecular formula is C20H26O5. The SMILES string of the molecule is COc1ccc(COC2CCCCC[C@H](C)OC(=O)/C=C\C2=O)cc1. The highest BCUT2D eigenvalue weighted by Crippen LogP contribution is 2.17. The van der Waals surface area contributed by atoms with Crippen LogP contribution in [0, 0.1) is 0 Å². The van der Waals surface area contributed by atoms with Gasteiger partial charge >= 0.3 is 5.97 Å². The van der Waals surface area contributed by atoms with Gasteiger partial charge in [0.1, 0.15) is 11.9 Å². The number of carbonyl (C=O) groups excluding carboxylic acids is 2. The monoisotopic (exact) mass is 346 g/mol. The van der Waals surface area contributed by atoms with Crippen LogP contribution >= 0.6 is 0 Å². The van der Waals surface area contributed by atoms with Gasteiger partial charge in [0.05, 0.1) is 19.8 Å². The Kier molecular flexibility index (Phi) is 7.67. The van der Waals surface area contributed by atoms with E-state index in [1.54, 1.807) is 7.11 Å². The van der Waals surface area contributed by atoms with Gasteiger partial charge in [-0.3, -0.25) is 4.79 Å². The molecule has 1 aromatic rings. The summed E-state index contributed by atoms with van der Waals surface area (Å²) >= 11 is 0. The maximum Gasteiger partial charge on any atom is 0.331 e. The van der Waals surface area contributed by atoms with Gasteiger partial charge in [-0.2, -0.15) is 0 Å². The summed E-state index contributed by atoms with van der Waals surface area (Å²) in [5.74, 6) is 0.107. The third-order valence-corrected chi connectivity index (χ3v) is 4.21. The Balaban J connectivity index is 1.97. The van der Waals surface area contributed by atoms with Crippen molar-refractivity contribution in [2.45, 2.75) is 57.8 Å². The van der Waals surface area contributed by atoms with Crippen molar-refractivity contribution < 1.29 is 23.8 Å². The van der Waals surface area contributed by atoms with Gasteiger partial charge in [-0.1, -0.05) is 25.0 Å². The molecule has 0 bridgehead atoms. The lowest BCUT2D eigenvalue weighted by molar-refractivity contribution is -0.142. The molecule has 0 saturated heterocycles. The number of hydrogen-bond acceptors (Lipinski definition) is 5. The number of benzene rings is 1. The van der Waals surface area contributed by atoms with Crippen molar-refractivity contribution in [2.24, 2.45) is 0 Å². The van der Waals surface area contributed by atoms with Crippen molar-refractivity contribution in [2.75, 3.05) is 7.11 Å². The fourth-order valence-electron chi connectivity index (χ4n) is 2.72. The number of hydrogen-bond donors (Lipinski definition) is 0. The van der Waals surface area contributed by atoms with E-state index in [0.717, 1.165) is 37.0 Å². The third-order valence-electron chi connectivity index (χ3n) is 4.21. The first-order valence-electron chi connectivity index (χ1n) is 8.75. The van der Waals surface area contributed by atoms with E-state index in [9.17, 15) is 9.59 Å². The first-order chi connectivity index (χ1) is 12.1. The lowest BCUT2D eigenvalue weighted by Crippen LogP contribution is -2.23. The van der Waals surface area contributed by atoms with Gasteiger partial charge in [0.15, 0.2) is 5.78 Å². The average molecular weight is 346 g/mol. The Morgan fingerprint density at radius 1 is 1.04 bits per heavy atom. The van der Waals surface area contributed by atoms with Crippen LogP contribution in [0.5, 0.6) is 5.75 Å². The Labute approximate surface area is 149 Å². The number of rotatable bonds is 4. The summed E-state index contributed by atoms with van der Waals surface area (Å²) in [6.07, 6.45) is 6.18. The van der Waals surface area contributed by atoms with E-state index >= 15 is 0 Å². The zero-order chi connectivity index (χ0) is 18.1. The van der Waals surface area contributed by atoms with Crippen LogP contribution in [0.4, 0.5) is 0 Å². The second kappa shape index (κ2) is 9.99. The van der Waals surface area contributed by atoms with Crippen LogP contribution in [-0.4, -0.2) is 31.1 Å². The zero-order valence-corrected chi connectivity index (χ0v) is 14.9. The van der Waals surface area contributed by atoms with Crippen LogP contribution in [0.2, 0.25) is 0 Å². The minimum Gasteiger partial charge on any atom is -0.497 e. The number of esters is 1. The topological polar surface area (TPSA) is 61.8 Å². The van der Waals surface area contributed by atoms with Crippen molar-refractivity contribution in [3.05, 3.63) is 42.0 Å². The number of cyclic esters (lactones) is 1. The Morgan fingerprint density at radius 3 is 2.48 bits per heavy atom. The fraction of sp³-hybridized carbons (Fsp3) is 0.500. The Morgan fingerprint density at radius 2 is 1.76 bits per heavy atom. The molecule has 0 N–H and O–H groups in total. The summed E-state index contributed by atoms with van der Waals surface area (Å²) < 4.78 is 16.2. The van der Waals surface area contributed by atoms with Crippen molar-refractivity contribution in [3.8, 4) is 5.75 Å². The quantitative estimate of drug-likeness (QED) is 0.780. The van der Waals surface area contributed by atoms with Gasteiger partial charge in [-0.05, 0) is 50.0 Å². The molecule has 136 valence electrons. The fourth-order valence-corrected chi connectivity index (χ4v) is 2.72. The molecule has 1 aromatic carbocycles. The minimum absolute atomic E-state index is 0.117. The standard InChI is InChI=1S/C20H26O5/c1-15-6-4-3-5-7-19(18(21)12-13-20(22)25-15)24-14-16-8-10-17(23-2)11-9-16/h8-13,15,19H,3-7,14H2,1-2H3/b13-12-/t15-,19?/m0/s1. The molecule has 0 spiro atoms. The zero-order valence-electron chi connectivity index (χ0n) is 14.9. The number of methoxy groups -OCH3 is 1. The van der Waals surface area contributed by atoms with E-state index in [2.05, 4.69) is 0 Å². The van der Waals surface area contributed by atoms with Crippen LogP contribution in [0.15, 0.2) is 36.4 Å². The van der Waals surface area contributed by atoms with E-state index < -0.39 is 12.1 Å². The minimum atomic E-state index is -0.539. The Hall–Kier alpha value is -2.14. The van der Waals surface area contributed by atoms with Crippen molar-refractivity contribution in [3.63, 3.8) is 0 Å². The molecule has 1 heterocycles. The molecule has 1 unspecified atom stereocenters. The molecule has 0 fully saturated rings. The van der Waals surface area contributed by atoms with Gasteiger partial charge in [0, 0.05) is 6.08 Å². The number of ketones is 1. The molecule has 0 aliphatic carbocycles. The van der Waals surface area contributed by atoms with Crippen molar-refractivity contribution >= 4 is 11.8 Å². The lowest BCUT2D eigenvalue weighted by atomic mass is 10.0. The van der Waals surface area contributed by atoms with Crippen LogP contribution in [0.25, 0.3) is 0 Å². The lowest BCUT2D eigenvalue weighted by Gasteiger charge is -2.17. The highest BCUT2D eigenvalue weighted by Gasteiger charge is 2.18. The molecule has 25 heavy (non-hydrogen) atoms. The second-order valence-electron chi connectivity index (χ2n) is 6.27. The van der Waals surface area contributed by atoms with Crippen molar-refractivity contribution in [1.82, 2.24) is 0 Å². The number of carbonyl (C=O) groups is 2. The Bertz CT molecular complexity index is 591. The summed E-state index contributed by atoms with van der Waals surface area (Å²) in [7, 11) is 1.62. The highest BCUT2D eigenvalue weighted by atomic mass is 16.5. The molecule has 5 nitrogen and oxygen atoms in total. The largest absolute Gasteiger partial charge is 0.497 e. The molecule has 0 radical (unpaired) electrons. The normalized spacial score (nSPS) is 23.9. The van der Waals surface area contributed by atoms with Crippen LogP contribution in [-0.2, 0) is 25.7 Å². The molecule has 1 aliphatic rings. The van der Waals surface area contributed by atoms with Crippen LogP contribution in [0.1, 0.15) is 44.6 Å². The highest BCUT2D eigenvalue weighted by molar-refractivity contribution is 5.98. The first kappa shape index (κ1) is 19.2. The second-order valence-corrected chi connectivity index (χ2v) is 6.27. The molecular weight excluding hydrogens is 320 g/mol. The van der Waals surface area contributed by atoms with Crippen molar-refractivity contribution in [1.29, 1.82) is 0 Å². The third kappa shape index (κ3) is 6.70. The first-order valence-corrected chi connectivity index (χ1v) is 8.75. The van der Waals surface area contributed by atoms with E-state index in [1.807, 2.05) is 31.2 Å². The van der Waals surface area contributed by atoms with Gasteiger partial charge in [0.25, 0.3) is 0 Å². The molecule has 5 heteroatoms. The van der Waals surface area contributed by atoms with E-state index in [1.165, 1.54) is 12.2 Å². The van der Waals surface area contributed by atoms with Crippen LogP contribution < -0.4 is 4.74 Å². The smallest absolute Gasteiger partial charge is 0.331 e. The predicted molar refractivity (Wildman–Crippen MR) is 94.4 cm³/mol. The summed E-state index contributed by atoms with van der Waals surface area (Å²) in [6.45, 7) is 2.22. The van der Waals surface area contributed by atoms with E-state index in [-0.39, 0.29) is 11.9 Å². The van der Waals surface area contributed by atoms with Gasteiger partial charge < -0.3 is 14.2 Å². The van der Waals surface area contributed by atoms with Gasteiger partial charge in [0.2, 0.25) is 0 Å². The maximum atomic E-state index is 12.3. The molecule has 1 aliphatic heterocycles. The summed E-state index contributed by atoms with van der Waals surface area (Å²) in [5.41, 5.74) is 0.969. The average Bonchev–Trinajstić information content (AvgIpc) is 2.61. The van der Waals surface area contributed by atoms with E-state index in [4.69, 9.17) is 14.2 Å². The van der Waals surface area contributed by atoms with Gasteiger partial charge in [-0.15, -0.1) is 0 Å². The predicted octanol–water partition coefficient (Wildman–Crippen LogP) is 3.60. The molecule has 0 amide bonds. The maximum absolute atomic E-state index is 12.3. The summed E-state index contributed by atoms with van der Waals surface area (Å²) in [6, 6.07) is 7.54. The number of ether oxygens (including phenoxy) is 3. The molecule has 0 saturated carbocycles.